The summed E-state index contributed by atoms with van der Waals surface area (Å²) in [7, 11) is 2.08. The maximum atomic E-state index is 10.6. The number of rotatable bonds is 7. The van der Waals surface area contributed by atoms with E-state index in [1.54, 1.807) is 12.1 Å². The largest absolute Gasteiger partial charge is 0.393 e. The topological polar surface area (TPSA) is 84.4 Å². The molecule has 0 heterocycles. The fourth-order valence-corrected chi connectivity index (χ4v) is 1.74. The Balaban J connectivity index is 2.51. The van der Waals surface area contributed by atoms with Gasteiger partial charge in [0.15, 0.2) is 0 Å². The van der Waals surface area contributed by atoms with Gasteiger partial charge in [0.2, 0.25) is 0 Å². The zero-order valence-corrected chi connectivity index (χ0v) is 11.7. The molecule has 6 heteroatoms. The van der Waals surface area contributed by atoms with Crippen molar-refractivity contribution in [2.45, 2.75) is 26.3 Å². The maximum Gasteiger partial charge on any atom is 0.292 e. The zero-order chi connectivity index (χ0) is 14.4. The van der Waals surface area contributed by atoms with Crippen LogP contribution < -0.4 is 11.1 Å². The average molecular weight is 266 g/mol. The van der Waals surface area contributed by atoms with Gasteiger partial charge in [0.05, 0.1) is 4.92 Å². The van der Waals surface area contributed by atoms with E-state index in [-0.39, 0.29) is 11.4 Å². The van der Waals surface area contributed by atoms with Crippen molar-refractivity contribution < 1.29 is 4.92 Å². The van der Waals surface area contributed by atoms with Crippen molar-refractivity contribution >= 4 is 17.1 Å². The smallest absolute Gasteiger partial charge is 0.292 e. The lowest BCUT2D eigenvalue weighted by Gasteiger charge is -2.23. The third-order valence-corrected chi connectivity index (χ3v) is 3.36. The standard InChI is InChI=1S/C13H22N4O2/c1-4-10(2)16(3)8-7-15-11-5-6-13(17(18)19)12(14)9-11/h5-6,9-10,15H,4,7-8,14H2,1-3H3. The number of nitrogens with one attached hydrogen (secondary N) is 1. The molecule has 3 N–H and O–H groups in total. The van der Waals surface area contributed by atoms with Gasteiger partial charge in [-0.1, -0.05) is 6.92 Å². The lowest BCUT2D eigenvalue weighted by Crippen LogP contribution is -2.32. The summed E-state index contributed by atoms with van der Waals surface area (Å²) in [6.45, 7) is 6.03. The van der Waals surface area contributed by atoms with Crippen LogP contribution in [0.25, 0.3) is 0 Å². The molecular formula is C13H22N4O2. The van der Waals surface area contributed by atoms with Gasteiger partial charge in [-0.2, -0.15) is 0 Å². The highest BCUT2D eigenvalue weighted by Gasteiger charge is 2.11. The number of likely N-dealkylation sites (N-methyl/N-ethyl adjacent to an activating group) is 1. The Bertz CT molecular complexity index is 437. The van der Waals surface area contributed by atoms with E-state index in [0.717, 1.165) is 25.2 Å². The number of nitrogen functional groups attached to an aromatic ring is 1. The molecule has 0 aliphatic heterocycles. The summed E-state index contributed by atoms with van der Waals surface area (Å²) in [5.74, 6) is 0. The van der Waals surface area contributed by atoms with Crippen molar-refractivity contribution in [1.82, 2.24) is 4.90 Å². The molecule has 19 heavy (non-hydrogen) atoms. The third kappa shape index (κ3) is 4.40. The summed E-state index contributed by atoms with van der Waals surface area (Å²) in [5, 5.41) is 13.9. The highest BCUT2D eigenvalue weighted by Crippen LogP contribution is 2.24. The molecule has 0 amide bonds. The average Bonchev–Trinajstić information content (AvgIpc) is 2.37. The Morgan fingerprint density at radius 2 is 2.21 bits per heavy atom. The predicted molar refractivity (Wildman–Crippen MR) is 78.4 cm³/mol. The van der Waals surface area contributed by atoms with Gasteiger partial charge in [-0.15, -0.1) is 0 Å². The first-order valence-electron chi connectivity index (χ1n) is 6.43. The number of anilines is 2. The van der Waals surface area contributed by atoms with Crippen molar-refractivity contribution in [3.05, 3.63) is 28.3 Å². The van der Waals surface area contributed by atoms with E-state index in [2.05, 4.69) is 31.1 Å². The Morgan fingerprint density at radius 3 is 2.74 bits per heavy atom. The summed E-state index contributed by atoms with van der Waals surface area (Å²) in [5.41, 5.74) is 6.57. The first-order valence-corrected chi connectivity index (χ1v) is 6.43. The van der Waals surface area contributed by atoms with Crippen LogP contribution in [-0.4, -0.2) is 36.0 Å². The van der Waals surface area contributed by atoms with Crippen molar-refractivity contribution in [1.29, 1.82) is 0 Å². The molecule has 0 bridgehead atoms. The van der Waals surface area contributed by atoms with Gasteiger partial charge in [-0.25, -0.2) is 0 Å². The minimum Gasteiger partial charge on any atom is -0.393 e. The van der Waals surface area contributed by atoms with E-state index in [1.807, 2.05) is 0 Å². The Morgan fingerprint density at radius 1 is 1.53 bits per heavy atom. The number of nitrogens with zero attached hydrogens (tertiary/aromatic N) is 2. The lowest BCUT2D eigenvalue weighted by molar-refractivity contribution is -0.383. The van der Waals surface area contributed by atoms with Crippen LogP contribution in [0, 0.1) is 10.1 Å². The Labute approximate surface area is 113 Å². The summed E-state index contributed by atoms with van der Waals surface area (Å²) in [6.07, 6.45) is 1.11. The molecule has 106 valence electrons. The van der Waals surface area contributed by atoms with Crippen LogP contribution in [0.1, 0.15) is 20.3 Å². The third-order valence-electron chi connectivity index (χ3n) is 3.36. The second-order valence-electron chi connectivity index (χ2n) is 4.70. The highest BCUT2D eigenvalue weighted by molar-refractivity contribution is 5.65. The number of nitro groups is 1. The summed E-state index contributed by atoms with van der Waals surface area (Å²) in [4.78, 5) is 12.4. The van der Waals surface area contributed by atoms with Crippen LogP contribution in [0.15, 0.2) is 18.2 Å². The van der Waals surface area contributed by atoms with Crippen molar-refractivity contribution in [2.75, 3.05) is 31.2 Å². The molecule has 1 aromatic carbocycles. The maximum absolute atomic E-state index is 10.6. The van der Waals surface area contributed by atoms with Gasteiger partial charge >= 0.3 is 0 Å². The van der Waals surface area contributed by atoms with Crippen LogP contribution in [0.3, 0.4) is 0 Å². The van der Waals surface area contributed by atoms with Gasteiger partial charge < -0.3 is 16.0 Å². The van der Waals surface area contributed by atoms with E-state index in [9.17, 15) is 10.1 Å². The summed E-state index contributed by atoms with van der Waals surface area (Å²) < 4.78 is 0. The first kappa shape index (κ1) is 15.2. The van der Waals surface area contributed by atoms with E-state index in [4.69, 9.17) is 5.73 Å². The monoisotopic (exact) mass is 266 g/mol. The number of nitrogens with two attached hydrogens (primary N) is 1. The number of hydrogen-bond donors (Lipinski definition) is 2. The molecule has 0 aliphatic carbocycles. The van der Waals surface area contributed by atoms with Gasteiger partial charge in [0.1, 0.15) is 5.69 Å². The Kier molecular flexibility index (Phi) is 5.57. The van der Waals surface area contributed by atoms with E-state index in [0.29, 0.717) is 6.04 Å². The summed E-state index contributed by atoms with van der Waals surface area (Å²) >= 11 is 0. The van der Waals surface area contributed by atoms with Gasteiger partial charge in [-0.05, 0) is 32.5 Å². The van der Waals surface area contributed by atoms with Crippen molar-refractivity contribution in [3.8, 4) is 0 Å². The highest BCUT2D eigenvalue weighted by atomic mass is 16.6. The summed E-state index contributed by atoms with van der Waals surface area (Å²) in [6, 6.07) is 5.25. The fraction of sp³-hybridized carbons (Fsp3) is 0.538. The van der Waals surface area contributed by atoms with Crippen LogP contribution in [0.2, 0.25) is 0 Å². The second kappa shape index (κ2) is 6.94. The molecule has 0 fully saturated rings. The van der Waals surface area contributed by atoms with Crippen LogP contribution >= 0.6 is 0 Å². The molecule has 0 aliphatic rings. The van der Waals surface area contributed by atoms with Gasteiger partial charge in [0, 0.05) is 30.9 Å². The van der Waals surface area contributed by atoms with E-state index < -0.39 is 4.92 Å². The second-order valence-corrected chi connectivity index (χ2v) is 4.70. The molecule has 1 unspecified atom stereocenters. The minimum atomic E-state index is -0.476. The zero-order valence-electron chi connectivity index (χ0n) is 11.7. The fourth-order valence-electron chi connectivity index (χ4n) is 1.74. The molecule has 0 radical (unpaired) electrons. The molecule has 0 aromatic heterocycles. The van der Waals surface area contributed by atoms with Crippen molar-refractivity contribution in [3.63, 3.8) is 0 Å². The van der Waals surface area contributed by atoms with Crippen LogP contribution in [0.4, 0.5) is 17.1 Å². The molecule has 0 saturated carbocycles. The number of benzene rings is 1. The van der Waals surface area contributed by atoms with E-state index in [1.165, 1.54) is 6.07 Å². The molecule has 1 atom stereocenters. The van der Waals surface area contributed by atoms with Gasteiger partial charge in [-0.3, -0.25) is 10.1 Å². The SMILES string of the molecule is CCC(C)N(C)CCNc1ccc([N+](=O)[O-])c(N)c1. The molecule has 0 spiro atoms. The normalized spacial score (nSPS) is 12.4. The molecule has 1 aromatic rings. The molecule has 6 nitrogen and oxygen atoms in total. The lowest BCUT2D eigenvalue weighted by atomic mass is 10.2. The molecule has 1 rings (SSSR count). The quantitative estimate of drug-likeness (QED) is 0.449. The molecule has 0 saturated heterocycles. The number of nitro benzene ring substituents is 1. The van der Waals surface area contributed by atoms with Crippen LogP contribution in [-0.2, 0) is 0 Å². The molecular weight excluding hydrogens is 244 g/mol. The van der Waals surface area contributed by atoms with Crippen LogP contribution in [0.5, 0.6) is 0 Å². The van der Waals surface area contributed by atoms with Gasteiger partial charge in [0.25, 0.3) is 5.69 Å². The minimum absolute atomic E-state index is 0.0535. The van der Waals surface area contributed by atoms with Crippen molar-refractivity contribution in [2.24, 2.45) is 0 Å². The Hall–Kier alpha value is -1.82. The number of hydrogen-bond acceptors (Lipinski definition) is 5. The van der Waals surface area contributed by atoms with E-state index >= 15 is 0 Å². The first-order chi connectivity index (χ1) is 8.95. The predicted octanol–water partition coefficient (Wildman–Crippen LogP) is 2.32.